The lowest BCUT2D eigenvalue weighted by Crippen LogP contribution is -2.01. The van der Waals surface area contributed by atoms with Crippen molar-refractivity contribution in [3.63, 3.8) is 0 Å². The van der Waals surface area contributed by atoms with Gasteiger partial charge >= 0.3 is 0 Å². The van der Waals surface area contributed by atoms with Gasteiger partial charge in [-0.3, -0.25) is 0 Å². The standard InChI is InChI=1S/C6H3Cl3FNO/c7-6(8,9)3-1-4(10)11-5(12)2-3/h1-2H,(H,11,12). The molecule has 1 heterocycles. The van der Waals surface area contributed by atoms with Gasteiger partial charge in [-0.2, -0.15) is 9.37 Å². The first-order valence-electron chi connectivity index (χ1n) is 2.83. The second-order valence-electron chi connectivity index (χ2n) is 2.03. The zero-order chi connectivity index (χ0) is 9.35. The highest BCUT2D eigenvalue weighted by atomic mass is 35.6. The number of hydrogen-bond donors (Lipinski definition) is 1. The van der Waals surface area contributed by atoms with Crippen molar-refractivity contribution in [2.24, 2.45) is 0 Å². The van der Waals surface area contributed by atoms with Crippen LogP contribution in [0.5, 0.6) is 5.88 Å². The maximum Gasteiger partial charge on any atom is 0.216 e. The van der Waals surface area contributed by atoms with Crippen LogP contribution < -0.4 is 0 Å². The summed E-state index contributed by atoms with van der Waals surface area (Å²) in [6, 6.07) is 2.02. The molecule has 0 aliphatic carbocycles. The Labute approximate surface area is 82.9 Å². The minimum atomic E-state index is -1.75. The van der Waals surface area contributed by atoms with Crippen molar-refractivity contribution in [2.45, 2.75) is 3.79 Å². The van der Waals surface area contributed by atoms with E-state index in [4.69, 9.17) is 39.9 Å². The average Bonchev–Trinajstić information content (AvgIpc) is 1.82. The fourth-order valence-corrected chi connectivity index (χ4v) is 0.974. The van der Waals surface area contributed by atoms with Crippen LogP contribution in [0, 0.1) is 5.95 Å². The normalized spacial score (nSPS) is 11.7. The third-order valence-corrected chi connectivity index (χ3v) is 1.76. The minimum Gasteiger partial charge on any atom is -0.493 e. The molecule has 1 N–H and O–H groups in total. The van der Waals surface area contributed by atoms with Gasteiger partial charge in [0.15, 0.2) is 0 Å². The number of pyridine rings is 1. The summed E-state index contributed by atoms with van der Waals surface area (Å²) in [5.41, 5.74) is 0.0394. The van der Waals surface area contributed by atoms with E-state index >= 15 is 0 Å². The smallest absolute Gasteiger partial charge is 0.216 e. The van der Waals surface area contributed by atoms with Crippen LogP contribution in [0.25, 0.3) is 0 Å². The number of rotatable bonds is 0. The average molecular weight is 230 g/mol. The summed E-state index contributed by atoms with van der Waals surface area (Å²) in [6.45, 7) is 0. The third kappa shape index (κ3) is 2.37. The molecule has 6 heteroatoms. The first-order valence-corrected chi connectivity index (χ1v) is 3.97. The van der Waals surface area contributed by atoms with Crippen LogP contribution in [-0.2, 0) is 3.79 Å². The van der Waals surface area contributed by atoms with E-state index in [2.05, 4.69) is 4.98 Å². The summed E-state index contributed by atoms with van der Waals surface area (Å²) in [7, 11) is 0. The number of alkyl halides is 3. The molecule has 0 saturated heterocycles. The van der Waals surface area contributed by atoms with E-state index in [0.717, 1.165) is 12.1 Å². The molecular weight excluding hydrogens is 227 g/mol. The molecule has 2 nitrogen and oxygen atoms in total. The third-order valence-electron chi connectivity index (χ3n) is 1.11. The lowest BCUT2D eigenvalue weighted by molar-refractivity contribution is 0.434. The van der Waals surface area contributed by atoms with Crippen molar-refractivity contribution in [2.75, 3.05) is 0 Å². The Morgan fingerprint density at radius 2 is 1.92 bits per heavy atom. The van der Waals surface area contributed by atoms with E-state index < -0.39 is 15.6 Å². The molecule has 0 atom stereocenters. The Bertz CT molecular complexity index is 279. The summed E-state index contributed by atoms with van der Waals surface area (Å²) in [4.78, 5) is 3.06. The fraction of sp³-hybridized carbons (Fsp3) is 0.167. The summed E-state index contributed by atoms with van der Waals surface area (Å²) >= 11 is 16.3. The van der Waals surface area contributed by atoms with Gasteiger partial charge in [0, 0.05) is 17.7 Å². The van der Waals surface area contributed by atoms with E-state index in [1.54, 1.807) is 0 Å². The van der Waals surface area contributed by atoms with Crippen LogP contribution in [0.4, 0.5) is 4.39 Å². The second-order valence-corrected chi connectivity index (χ2v) is 4.32. The topological polar surface area (TPSA) is 33.1 Å². The summed E-state index contributed by atoms with van der Waals surface area (Å²) in [5.74, 6) is -1.41. The number of nitrogens with zero attached hydrogens (tertiary/aromatic N) is 1. The fourth-order valence-electron chi connectivity index (χ4n) is 0.647. The van der Waals surface area contributed by atoms with Crippen molar-refractivity contribution in [1.29, 1.82) is 0 Å². The van der Waals surface area contributed by atoms with Crippen LogP contribution in [-0.4, -0.2) is 10.1 Å². The largest absolute Gasteiger partial charge is 0.493 e. The van der Waals surface area contributed by atoms with Gasteiger partial charge in [0.1, 0.15) is 0 Å². The lowest BCUT2D eigenvalue weighted by atomic mass is 10.3. The van der Waals surface area contributed by atoms with Crippen molar-refractivity contribution < 1.29 is 9.50 Å². The van der Waals surface area contributed by atoms with Gasteiger partial charge < -0.3 is 5.11 Å². The monoisotopic (exact) mass is 229 g/mol. The molecule has 1 rings (SSSR count). The molecular formula is C6H3Cl3FNO. The molecule has 0 amide bonds. The molecule has 1 aromatic rings. The molecule has 12 heavy (non-hydrogen) atoms. The van der Waals surface area contributed by atoms with Crippen molar-refractivity contribution in [3.05, 3.63) is 23.6 Å². The van der Waals surface area contributed by atoms with Crippen molar-refractivity contribution >= 4 is 34.8 Å². The van der Waals surface area contributed by atoms with E-state index in [1.807, 2.05) is 0 Å². The van der Waals surface area contributed by atoms with E-state index in [0.29, 0.717) is 0 Å². The first kappa shape index (κ1) is 9.84. The molecule has 0 saturated carbocycles. The Kier molecular flexibility index (Phi) is 2.66. The van der Waals surface area contributed by atoms with Gasteiger partial charge in [0.25, 0.3) is 0 Å². The first-order chi connectivity index (χ1) is 5.39. The van der Waals surface area contributed by atoms with E-state index in [1.165, 1.54) is 0 Å². The van der Waals surface area contributed by atoms with Gasteiger partial charge in [-0.1, -0.05) is 34.8 Å². The zero-order valence-electron chi connectivity index (χ0n) is 5.56. The number of aromatic hydroxyl groups is 1. The predicted molar refractivity (Wildman–Crippen MR) is 45.1 cm³/mol. The van der Waals surface area contributed by atoms with E-state index in [9.17, 15) is 4.39 Å². The van der Waals surface area contributed by atoms with E-state index in [-0.39, 0.29) is 5.56 Å². The van der Waals surface area contributed by atoms with Gasteiger partial charge in [0.05, 0.1) is 0 Å². The Balaban J connectivity index is 3.18. The molecule has 0 spiro atoms. The number of hydrogen-bond acceptors (Lipinski definition) is 2. The van der Waals surface area contributed by atoms with Crippen LogP contribution in [0.2, 0.25) is 0 Å². The molecule has 66 valence electrons. The van der Waals surface area contributed by atoms with Gasteiger partial charge in [-0.05, 0) is 0 Å². The van der Waals surface area contributed by atoms with Crippen molar-refractivity contribution in [1.82, 2.24) is 4.98 Å². The summed E-state index contributed by atoms with van der Waals surface area (Å²) in [6.07, 6.45) is 0. The molecule has 0 unspecified atom stereocenters. The van der Waals surface area contributed by atoms with Crippen molar-refractivity contribution in [3.8, 4) is 5.88 Å². The highest BCUT2D eigenvalue weighted by molar-refractivity contribution is 6.66. The molecule has 0 bridgehead atoms. The Morgan fingerprint density at radius 3 is 2.33 bits per heavy atom. The maximum absolute atomic E-state index is 12.5. The Hall–Kier alpha value is -0.250. The zero-order valence-corrected chi connectivity index (χ0v) is 7.83. The molecule has 0 aliphatic heterocycles. The summed E-state index contributed by atoms with van der Waals surface area (Å²) in [5, 5.41) is 8.83. The molecule has 0 aromatic carbocycles. The predicted octanol–water partition coefficient (Wildman–Crippen LogP) is 2.75. The van der Waals surface area contributed by atoms with Gasteiger partial charge in [0.2, 0.25) is 15.6 Å². The molecule has 0 radical (unpaired) electrons. The SMILES string of the molecule is Oc1cc(C(Cl)(Cl)Cl)cc(F)n1. The highest BCUT2D eigenvalue weighted by Gasteiger charge is 2.24. The second kappa shape index (κ2) is 3.24. The van der Waals surface area contributed by atoms with Gasteiger partial charge in [-0.25, -0.2) is 0 Å². The molecule has 0 aliphatic rings. The highest BCUT2D eigenvalue weighted by Crippen LogP contribution is 2.38. The number of aromatic nitrogens is 1. The quantitative estimate of drug-likeness (QED) is 0.549. The van der Waals surface area contributed by atoms with Crippen LogP contribution >= 0.6 is 34.8 Å². The van der Waals surface area contributed by atoms with Crippen LogP contribution in [0.15, 0.2) is 12.1 Å². The lowest BCUT2D eigenvalue weighted by Gasteiger charge is -2.10. The Morgan fingerprint density at radius 1 is 1.33 bits per heavy atom. The molecule has 0 fully saturated rings. The summed E-state index contributed by atoms with van der Waals surface area (Å²) < 4.78 is 10.8. The minimum absolute atomic E-state index is 0.0394. The molecule has 1 aromatic heterocycles. The van der Waals surface area contributed by atoms with Gasteiger partial charge in [-0.15, -0.1) is 0 Å². The van der Waals surface area contributed by atoms with Crippen LogP contribution in [0.3, 0.4) is 0 Å². The van der Waals surface area contributed by atoms with Crippen LogP contribution in [0.1, 0.15) is 5.56 Å². The maximum atomic E-state index is 12.5. The number of halogens is 4.